The van der Waals surface area contributed by atoms with Crippen LogP contribution in [0.25, 0.3) is 28.0 Å². The average molecular weight is 795 g/mol. The molecule has 3 aromatic carbocycles. The van der Waals surface area contributed by atoms with Gasteiger partial charge < -0.3 is 34.8 Å². The number of rotatable bonds is 14. The number of benzene rings is 3. The van der Waals surface area contributed by atoms with Crippen LogP contribution in [0.15, 0.2) is 65.6 Å². The smallest absolute Gasteiger partial charge is 0.348 e. The normalized spacial score (nSPS) is 16.8. The lowest BCUT2D eigenvalue weighted by atomic mass is 9.98. The number of amides is 4. The molecule has 1 fully saturated rings. The lowest BCUT2D eigenvalue weighted by Gasteiger charge is -2.31. The molecule has 0 bridgehead atoms. The number of hydrogen-bond donors (Lipinski definition) is 6. The first-order valence-electron chi connectivity index (χ1n) is 19.1. The van der Waals surface area contributed by atoms with E-state index in [1.54, 1.807) is 42.3 Å². The van der Waals surface area contributed by atoms with Crippen LogP contribution in [0.5, 0.6) is 11.5 Å². The summed E-state index contributed by atoms with van der Waals surface area (Å²) in [4.78, 5) is 65.8. The molecule has 2 aromatic heterocycles. The lowest BCUT2D eigenvalue weighted by Crippen LogP contribution is -2.51. The number of piperidine rings is 1. The Balaban J connectivity index is 0.875. The number of H-pyrrole nitrogens is 1. The molecule has 17 heteroatoms. The van der Waals surface area contributed by atoms with Crippen molar-refractivity contribution in [1.29, 1.82) is 0 Å². The van der Waals surface area contributed by atoms with Gasteiger partial charge in [-0.2, -0.15) is 5.10 Å². The minimum atomic E-state index is -1.06. The fourth-order valence-corrected chi connectivity index (χ4v) is 7.56. The van der Waals surface area contributed by atoms with Crippen molar-refractivity contribution in [2.75, 3.05) is 32.1 Å². The fraction of sp³-hybridized carbons (Fsp3) is 0.366. The second-order valence-electron chi connectivity index (χ2n) is 14.9. The Hall–Kier alpha value is -6.30. The van der Waals surface area contributed by atoms with Gasteiger partial charge in [-0.25, -0.2) is 14.5 Å². The summed E-state index contributed by atoms with van der Waals surface area (Å²) in [5.41, 5.74) is 3.65. The number of nitrogens with one attached hydrogen (secondary N) is 3. The predicted molar refractivity (Wildman–Crippen MR) is 212 cm³/mol. The number of aromatic amines is 1. The van der Waals surface area contributed by atoms with Gasteiger partial charge in [-0.1, -0.05) is 26.0 Å². The number of fused-ring (bicyclic) bond motifs is 2. The summed E-state index contributed by atoms with van der Waals surface area (Å²) in [6.07, 6.45) is 1.27. The van der Waals surface area contributed by atoms with Gasteiger partial charge in [-0.15, -0.1) is 0 Å². The van der Waals surface area contributed by atoms with Crippen molar-refractivity contribution in [3.63, 3.8) is 0 Å². The quantitative estimate of drug-likeness (QED) is 0.0707. The maximum atomic E-state index is 12.9. The molecule has 2 unspecified atom stereocenters. The Kier molecular flexibility index (Phi) is 11.5. The molecule has 0 saturated carbocycles. The minimum Gasteiger partial charge on any atom is -0.508 e. The molecule has 1 saturated heterocycles. The third kappa shape index (κ3) is 8.09. The van der Waals surface area contributed by atoms with E-state index in [2.05, 4.69) is 20.8 Å². The molecule has 0 radical (unpaired) electrons. The molecule has 0 spiro atoms. The van der Waals surface area contributed by atoms with E-state index in [9.17, 15) is 39.3 Å². The van der Waals surface area contributed by atoms with Crippen molar-refractivity contribution < 1.29 is 39.2 Å². The first kappa shape index (κ1) is 39.9. The van der Waals surface area contributed by atoms with Crippen molar-refractivity contribution in [2.24, 2.45) is 0 Å². The van der Waals surface area contributed by atoms with E-state index in [0.29, 0.717) is 59.7 Å². The van der Waals surface area contributed by atoms with E-state index in [1.807, 2.05) is 42.8 Å². The van der Waals surface area contributed by atoms with E-state index >= 15 is 0 Å². The fourth-order valence-electron chi connectivity index (χ4n) is 7.56. The Bertz CT molecular complexity index is 2450. The predicted octanol–water partition coefficient (Wildman–Crippen LogP) is 3.22. The second-order valence-corrected chi connectivity index (χ2v) is 14.9. The summed E-state index contributed by atoms with van der Waals surface area (Å²) in [6.45, 7) is 5.56. The highest BCUT2D eigenvalue weighted by Gasteiger charge is 2.40. The van der Waals surface area contributed by atoms with Gasteiger partial charge in [-0.05, 0) is 59.9 Å². The lowest BCUT2D eigenvalue weighted by molar-refractivity contribution is -0.141. The van der Waals surface area contributed by atoms with Gasteiger partial charge in [-0.3, -0.25) is 29.4 Å². The number of phenols is 2. The van der Waals surface area contributed by atoms with Gasteiger partial charge in [0.25, 0.3) is 0 Å². The zero-order valence-electron chi connectivity index (χ0n) is 32.4. The van der Waals surface area contributed by atoms with E-state index in [1.165, 1.54) is 15.5 Å². The SMILES string of the molecule is CC(C)c1cc(-c2n[nH]c(=O)n2-c2ccc3c(ccn3CCOCCN(C)C(=O)CCC(=O)Nc3cccc4c3CN(C3CCC(=O)NC3=O)C4O)c2)c(O)cc1O. The third-order valence-corrected chi connectivity index (χ3v) is 10.8. The minimum absolute atomic E-state index is 0.0127. The monoisotopic (exact) mass is 794 g/mol. The molecule has 304 valence electrons. The van der Waals surface area contributed by atoms with Crippen LogP contribution in [-0.4, -0.2) is 101 Å². The van der Waals surface area contributed by atoms with Crippen LogP contribution < -0.4 is 16.3 Å². The Labute approximate surface area is 332 Å². The number of aliphatic hydroxyl groups is 1. The zero-order chi connectivity index (χ0) is 41.2. The second kappa shape index (κ2) is 16.7. The van der Waals surface area contributed by atoms with Crippen LogP contribution in [0.1, 0.15) is 68.4 Å². The number of likely N-dealkylation sites (N-methyl/N-ethyl adjacent to an activating group) is 1. The molecular weight excluding hydrogens is 748 g/mol. The maximum absolute atomic E-state index is 12.9. The number of anilines is 1. The van der Waals surface area contributed by atoms with Crippen LogP contribution in [0, 0.1) is 0 Å². The van der Waals surface area contributed by atoms with Crippen LogP contribution in [0.2, 0.25) is 0 Å². The number of aromatic hydroxyl groups is 2. The number of carbonyl (C=O) groups is 4. The zero-order valence-corrected chi connectivity index (χ0v) is 32.4. The highest BCUT2D eigenvalue weighted by molar-refractivity contribution is 6.00. The van der Waals surface area contributed by atoms with Gasteiger partial charge in [0.1, 0.15) is 17.7 Å². The Morgan fingerprint density at radius 1 is 1.03 bits per heavy atom. The maximum Gasteiger partial charge on any atom is 0.348 e. The van der Waals surface area contributed by atoms with E-state index in [4.69, 9.17) is 4.74 Å². The summed E-state index contributed by atoms with van der Waals surface area (Å²) < 4.78 is 9.24. The Morgan fingerprint density at radius 2 is 1.84 bits per heavy atom. The largest absolute Gasteiger partial charge is 0.508 e. The van der Waals surface area contributed by atoms with Crippen LogP contribution in [0.3, 0.4) is 0 Å². The number of imide groups is 1. The molecule has 17 nitrogen and oxygen atoms in total. The number of phenolic OH excluding ortho intramolecular Hbond substituents is 2. The molecule has 4 heterocycles. The molecule has 6 N–H and O–H groups in total. The van der Waals surface area contributed by atoms with Crippen molar-refractivity contribution in [3.05, 3.63) is 88.0 Å². The molecule has 2 atom stereocenters. The molecule has 58 heavy (non-hydrogen) atoms. The van der Waals surface area contributed by atoms with Crippen LogP contribution >= 0.6 is 0 Å². The molecule has 5 aromatic rings. The standard InChI is InChI=1S/C41H46N8O9/c1-23(2)27-20-28(34(51)21-33(27)50)38-44-45-41(57)49(38)25-7-8-31-24(19-25)13-14-47(31)16-18-58-17-15-46(3)37(54)12-11-35(52)42-30-6-4-5-26-29(30)22-48(40(26)56)32-9-10-36(53)43-39(32)55/h4-8,13-14,19-21,23,32,40,50-51,56H,9-12,15-18,22H2,1-3H3,(H,42,52)(H,45,57)(H,43,53,55). The van der Waals surface area contributed by atoms with Crippen LogP contribution in [-0.2, 0) is 37.0 Å². The number of nitrogens with zero attached hydrogens (tertiary/aromatic N) is 5. The average Bonchev–Trinajstić information content (AvgIpc) is 3.88. The summed E-state index contributed by atoms with van der Waals surface area (Å²) >= 11 is 0. The first-order valence-corrected chi connectivity index (χ1v) is 19.1. The van der Waals surface area contributed by atoms with E-state index in [-0.39, 0.29) is 73.4 Å². The van der Waals surface area contributed by atoms with Gasteiger partial charge in [0.2, 0.25) is 23.6 Å². The number of aliphatic hydroxyl groups excluding tert-OH is 1. The van der Waals surface area contributed by atoms with Gasteiger partial charge in [0.15, 0.2) is 5.82 Å². The highest BCUT2D eigenvalue weighted by atomic mass is 16.5. The van der Waals surface area contributed by atoms with Crippen molar-refractivity contribution >= 4 is 40.2 Å². The van der Waals surface area contributed by atoms with Crippen molar-refractivity contribution in [3.8, 4) is 28.6 Å². The van der Waals surface area contributed by atoms with Crippen molar-refractivity contribution in [2.45, 2.75) is 70.8 Å². The molecular formula is C41H46N8O9. The van der Waals surface area contributed by atoms with E-state index in [0.717, 1.165) is 10.9 Å². The number of ether oxygens (including phenoxy) is 1. The van der Waals surface area contributed by atoms with Crippen molar-refractivity contribution in [1.82, 2.24) is 34.4 Å². The van der Waals surface area contributed by atoms with Gasteiger partial charge in [0, 0.05) is 80.4 Å². The first-order chi connectivity index (χ1) is 27.8. The van der Waals surface area contributed by atoms with Crippen LogP contribution in [0.4, 0.5) is 5.69 Å². The molecule has 7 rings (SSSR count). The number of carbonyl (C=O) groups excluding carboxylic acids is 4. The highest BCUT2D eigenvalue weighted by Crippen LogP contribution is 2.39. The third-order valence-electron chi connectivity index (χ3n) is 10.8. The Morgan fingerprint density at radius 3 is 2.62 bits per heavy atom. The van der Waals surface area contributed by atoms with Gasteiger partial charge in [0.05, 0.1) is 30.5 Å². The molecule has 2 aliphatic heterocycles. The van der Waals surface area contributed by atoms with Gasteiger partial charge >= 0.3 is 5.69 Å². The summed E-state index contributed by atoms with van der Waals surface area (Å²) in [5, 5.41) is 44.6. The molecule has 0 aliphatic carbocycles. The topological polar surface area (TPSA) is 224 Å². The van der Waals surface area contributed by atoms with E-state index < -0.39 is 23.9 Å². The molecule has 2 aliphatic rings. The molecule has 4 amide bonds. The number of aromatic nitrogens is 4. The summed E-state index contributed by atoms with van der Waals surface area (Å²) in [7, 11) is 1.65. The summed E-state index contributed by atoms with van der Waals surface area (Å²) in [5.74, 6) is -1.43. The summed E-state index contributed by atoms with van der Waals surface area (Å²) in [6, 6.07) is 14.8. The number of hydrogen-bond acceptors (Lipinski definition) is 11.